The molecule has 0 fully saturated rings. The molecular weight excluding hydrogens is 190 g/mol. The van der Waals surface area contributed by atoms with Gasteiger partial charge in [-0.05, 0) is 37.1 Å². The molecular formula is C12H15NO2. The fourth-order valence-electron chi connectivity index (χ4n) is 1.33. The van der Waals surface area contributed by atoms with Crippen molar-refractivity contribution >= 4 is 11.7 Å². The minimum atomic E-state index is -0.369. The lowest BCUT2D eigenvalue weighted by atomic mass is 10.1. The molecule has 0 amide bonds. The Morgan fingerprint density at radius 3 is 2.40 bits per heavy atom. The molecule has 0 radical (unpaired) electrons. The second kappa shape index (κ2) is 5.20. The molecule has 0 bridgehead atoms. The molecule has 0 saturated carbocycles. The van der Waals surface area contributed by atoms with E-state index in [0.29, 0.717) is 0 Å². The van der Waals surface area contributed by atoms with Crippen molar-refractivity contribution in [2.75, 3.05) is 12.4 Å². The molecule has 0 heterocycles. The minimum Gasteiger partial charge on any atom is -0.466 e. The van der Waals surface area contributed by atoms with E-state index in [4.69, 9.17) is 0 Å². The van der Waals surface area contributed by atoms with Crippen LogP contribution in [0.4, 0.5) is 5.69 Å². The highest BCUT2D eigenvalue weighted by Gasteiger charge is 1.94. The third-order valence-electron chi connectivity index (χ3n) is 1.89. The first-order chi connectivity index (χ1) is 7.11. The van der Waals surface area contributed by atoms with Gasteiger partial charge in [-0.3, -0.25) is 0 Å². The van der Waals surface area contributed by atoms with Gasteiger partial charge in [-0.2, -0.15) is 0 Å². The van der Waals surface area contributed by atoms with E-state index in [0.717, 1.165) is 5.69 Å². The van der Waals surface area contributed by atoms with Crippen molar-refractivity contribution in [3.05, 3.63) is 41.6 Å². The van der Waals surface area contributed by atoms with E-state index in [1.807, 2.05) is 26.0 Å². The number of rotatable bonds is 3. The van der Waals surface area contributed by atoms with Crippen LogP contribution in [-0.4, -0.2) is 13.1 Å². The average Bonchev–Trinajstić information content (AvgIpc) is 2.16. The number of ether oxygens (including phenoxy) is 1. The number of hydrogen-bond acceptors (Lipinski definition) is 3. The largest absolute Gasteiger partial charge is 0.466 e. The van der Waals surface area contributed by atoms with Crippen LogP contribution in [-0.2, 0) is 9.53 Å². The van der Waals surface area contributed by atoms with Gasteiger partial charge in [-0.25, -0.2) is 4.79 Å². The zero-order chi connectivity index (χ0) is 11.3. The quantitative estimate of drug-likeness (QED) is 0.608. The topological polar surface area (TPSA) is 38.3 Å². The monoisotopic (exact) mass is 205 g/mol. The average molecular weight is 205 g/mol. The van der Waals surface area contributed by atoms with Gasteiger partial charge < -0.3 is 10.1 Å². The molecule has 3 heteroatoms. The van der Waals surface area contributed by atoms with Gasteiger partial charge in [0.2, 0.25) is 0 Å². The number of nitrogens with one attached hydrogen (secondary N) is 1. The Hall–Kier alpha value is -1.77. The molecule has 0 unspecified atom stereocenters. The Labute approximate surface area is 89.8 Å². The molecule has 1 N–H and O–H groups in total. The zero-order valence-electron chi connectivity index (χ0n) is 9.20. The number of carbonyl (C=O) groups is 1. The van der Waals surface area contributed by atoms with Crippen LogP contribution in [0.3, 0.4) is 0 Å². The second-order valence-electron chi connectivity index (χ2n) is 3.38. The highest BCUT2D eigenvalue weighted by Crippen LogP contribution is 2.13. The first-order valence-corrected chi connectivity index (χ1v) is 4.71. The number of esters is 1. The molecule has 0 saturated heterocycles. The SMILES string of the molecule is COC(=O)/C=C\Nc1cc(C)cc(C)c1. The minimum absolute atomic E-state index is 0.369. The van der Waals surface area contributed by atoms with Gasteiger partial charge in [0.1, 0.15) is 0 Å². The maximum atomic E-state index is 10.8. The van der Waals surface area contributed by atoms with Gasteiger partial charge >= 0.3 is 5.97 Å². The fourth-order valence-corrected chi connectivity index (χ4v) is 1.33. The lowest BCUT2D eigenvalue weighted by Gasteiger charge is -2.03. The Bertz CT molecular complexity index is 363. The van der Waals surface area contributed by atoms with Crippen LogP contribution in [0.1, 0.15) is 11.1 Å². The van der Waals surface area contributed by atoms with Crippen molar-refractivity contribution in [2.45, 2.75) is 13.8 Å². The predicted octanol–water partition coefficient (Wildman–Crippen LogP) is 2.40. The van der Waals surface area contributed by atoms with Crippen LogP contribution < -0.4 is 5.32 Å². The molecule has 0 aromatic heterocycles. The van der Waals surface area contributed by atoms with Crippen molar-refractivity contribution in [1.29, 1.82) is 0 Å². The van der Waals surface area contributed by atoms with E-state index >= 15 is 0 Å². The van der Waals surface area contributed by atoms with Gasteiger partial charge in [0.25, 0.3) is 0 Å². The summed E-state index contributed by atoms with van der Waals surface area (Å²) in [6, 6.07) is 6.11. The number of hydrogen-bond donors (Lipinski definition) is 1. The Balaban J connectivity index is 2.65. The summed E-state index contributed by atoms with van der Waals surface area (Å²) in [6.07, 6.45) is 2.91. The van der Waals surface area contributed by atoms with Gasteiger partial charge in [0, 0.05) is 18.0 Å². The number of benzene rings is 1. The zero-order valence-corrected chi connectivity index (χ0v) is 9.20. The molecule has 1 aromatic rings. The standard InChI is InChI=1S/C12H15NO2/c1-9-6-10(2)8-11(7-9)13-5-4-12(14)15-3/h4-8,13H,1-3H3/b5-4-. The van der Waals surface area contributed by atoms with Crippen LogP contribution in [0.5, 0.6) is 0 Å². The molecule has 80 valence electrons. The van der Waals surface area contributed by atoms with Crippen molar-refractivity contribution in [3.8, 4) is 0 Å². The molecule has 0 aliphatic heterocycles. The maximum Gasteiger partial charge on any atom is 0.331 e. The molecule has 1 aromatic carbocycles. The molecule has 0 aliphatic carbocycles. The normalized spacial score (nSPS) is 10.3. The van der Waals surface area contributed by atoms with E-state index in [9.17, 15) is 4.79 Å². The van der Waals surface area contributed by atoms with E-state index in [2.05, 4.69) is 16.1 Å². The van der Waals surface area contributed by atoms with Crippen molar-refractivity contribution in [3.63, 3.8) is 0 Å². The Morgan fingerprint density at radius 2 is 1.87 bits per heavy atom. The predicted molar refractivity (Wildman–Crippen MR) is 60.7 cm³/mol. The van der Waals surface area contributed by atoms with Crippen LogP contribution in [0, 0.1) is 13.8 Å². The smallest absolute Gasteiger partial charge is 0.331 e. The third kappa shape index (κ3) is 3.85. The first-order valence-electron chi connectivity index (χ1n) is 4.71. The Morgan fingerprint density at radius 1 is 1.27 bits per heavy atom. The summed E-state index contributed by atoms with van der Waals surface area (Å²) in [4.78, 5) is 10.8. The summed E-state index contributed by atoms with van der Waals surface area (Å²) in [5, 5.41) is 3.01. The lowest BCUT2D eigenvalue weighted by molar-refractivity contribution is -0.134. The molecule has 15 heavy (non-hydrogen) atoms. The van der Waals surface area contributed by atoms with Crippen molar-refractivity contribution < 1.29 is 9.53 Å². The Kier molecular flexibility index (Phi) is 3.92. The highest BCUT2D eigenvalue weighted by atomic mass is 16.5. The summed E-state index contributed by atoms with van der Waals surface area (Å²) < 4.78 is 4.47. The number of carbonyl (C=O) groups excluding carboxylic acids is 1. The van der Waals surface area contributed by atoms with Gasteiger partial charge in [0.05, 0.1) is 7.11 Å². The second-order valence-corrected chi connectivity index (χ2v) is 3.38. The van der Waals surface area contributed by atoms with Gasteiger partial charge in [-0.15, -0.1) is 0 Å². The van der Waals surface area contributed by atoms with E-state index in [1.54, 1.807) is 6.20 Å². The highest BCUT2D eigenvalue weighted by molar-refractivity contribution is 5.82. The van der Waals surface area contributed by atoms with Crippen LogP contribution in [0.15, 0.2) is 30.5 Å². The number of anilines is 1. The van der Waals surface area contributed by atoms with Crippen molar-refractivity contribution in [2.24, 2.45) is 0 Å². The van der Waals surface area contributed by atoms with E-state index < -0.39 is 0 Å². The summed E-state index contributed by atoms with van der Waals surface area (Å²) in [6.45, 7) is 4.06. The van der Waals surface area contributed by atoms with Crippen LogP contribution >= 0.6 is 0 Å². The van der Waals surface area contributed by atoms with Gasteiger partial charge in [-0.1, -0.05) is 6.07 Å². The lowest BCUT2D eigenvalue weighted by Crippen LogP contribution is -1.96. The van der Waals surface area contributed by atoms with Crippen molar-refractivity contribution in [1.82, 2.24) is 0 Å². The van der Waals surface area contributed by atoms with E-state index in [-0.39, 0.29) is 5.97 Å². The summed E-state index contributed by atoms with van der Waals surface area (Å²) in [5.74, 6) is -0.369. The van der Waals surface area contributed by atoms with Crippen LogP contribution in [0.2, 0.25) is 0 Å². The summed E-state index contributed by atoms with van der Waals surface area (Å²) in [5.41, 5.74) is 3.33. The number of aryl methyl sites for hydroxylation is 2. The number of methoxy groups -OCH3 is 1. The van der Waals surface area contributed by atoms with E-state index in [1.165, 1.54) is 24.3 Å². The molecule has 3 nitrogen and oxygen atoms in total. The first kappa shape index (κ1) is 11.3. The third-order valence-corrected chi connectivity index (χ3v) is 1.89. The summed E-state index contributed by atoms with van der Waals surface area (Å²) in [7, 11) is 1.35. The fraction of sp³-hybridized carbons (Fsp3) is 0.250. The molecule has 0 spiro atoms. The van der Waals surface area contributed by atoms with Gasteiger partial charge in [0.15, 0.2) is 0 Å². The molecule has 1 rings (SSSR count). The van der Waals surface area contributed by atoms with Crippen LogP contribution in [0.25, 0.3) is 0 Å². The maximum absolute atomic E-state index is 10.8. The molecule has 0 atom stereocenters. The summed E-state index contributed by atoms with van der Waals surface area (Å²) >= 11 is 0. The molecule has 0 aliphatic rings.